The maximum atomic E-state index is 12.2. The lowest BCUT2D eigenvalue weighted by atomic mass is 10.0. The number of ether oxygens (including phenoxy) is 1. The van der Waals surface area contributed by atoms with Crippen LogP contribution in [-0.2, 0) is 10.5 Å². The predicted octanol–water partition coefficient (Wildman–Crippen LogP) is 4.97. The molecule has 3 rings (SSSR count). The van der Waals surface area contributed by atoms with Crippen molar-refractivity contribution in [2.45, 2.75) is 29.9 Å². The molecule has 2 aromatic carbocycles. The third-order valence-corrected chi connectivity index (χ3v) is 5.80. The molecule has 0 atom stereocenters. The van der Waals surface area contributed by atoms with Crippen LogP contribution in [0.2, 0.25) is 0 Å². The zero-order valence-corrected chi connectivity index (χ0v) is 16.8. The maximum absolute atomic E-state index is 12.2. The monoisotopic (exact) mass is 399 g/mol. The van der Waals surface area contributed by atoms with E-state index in [1.54, 1.807) is 11.8 Å². The minimum absolute atomic E-state index is 0.0597. The van der Waals surface area contributed by atoms with E-state index in [-0.39, 0.29) is 12.5 Å². The number of carbonyl (C=O) groups is 1. The summed E-state index contributed by atoms with van der Waals surface area (Å²) in [6, 6.07) is 17.9. The summed E-state index contributed by atoms with van der Waals surface area (Å²) in [5, 5.41) is 11.4. The highest BCUT2D eigenvalue weighted by molar-refractivity contribution is 8.00. The van der Waals surface area contributed by atoms with Crippen molar-refractivity contribution < 1.29 is 9.53 Å². The average molecular weight is 400 g/mol. The van der Waals surface area contributed by atoms with Crippen molar-refractivity contribution in [3.05, 3.63) is 65.7 Å². The number of benzene rings is 2. The molecule has 1 amide bonds. The Kier molecular flexibility index (Phi) is 6.84. The number of para-hydroxylation sites is 1. The van der Waals surface area contributed by atoms with Crippen molar-refractivity contribution in [3.63, 3.8) is 0 Å². The molecule has 7 heteroatoms. The van der Waals surface area contributed by atoms with Crippen LogP contribution in [-0.4, -0.2) is 22.7 Å². The van der Waals surface area contributed by atoms with Gasteiger partial charge in [0.25, 0.3) is 5.91 Å². The molecule has 0 saturated heterocycles. The maximum Gasteiger partial charge on any atom is 0.264 e. The van der Waals surface area contributed by atoms with Crippen molar-refractivity contribution in [3.8, 4) is 5.75 Å². The summed E-state index contributed by atoms with van der Waals surface area (Å²) in [6.45, 7) is 4.13. The molecule has 0 aliphatic carbocycles. The van der Waals surface area contributed by atoms with Crippen LogP contribution in [0.1, 0.15) is 30.9 Å². The van der Waals surface area contributed by atoms with Crippen molar-refractivity contribution in [1.29, 1.82) is 0 Å². The second kappa shape index (κ2) is 9.53. The smallest absolute Gasteiger partial charge is 0.264 e. The molecule has 1 heterocycles. The van der Waals surface area contributed by atoms with Crippen molar-refractivity contribution in [2.24, 2.45) is 0 Å². The summed E-state index contributed by atoms with van der Waals surface area (Å²) in [5.74, 6) is 1.64. The van der Waals surface area contributed by atoms with Crippen LogP contribution >= 0.6 is 23.1 Å². The van der Waals surface area contributed by atoms with E-state index in [1.807, 2.05) is 42.5 Å². The first-order chi connectivity index (χ1) is 13.1. The molecule has 1 aromatic heterocycles. The molecular weight excluding hydrogens is 378 g/mol. The summed E-state index contributed by atoms with van der Waals surface area (Å²) >= 11 is 2.96. The lowest BCUT2D eigenvalue weighted by Gasteiger charge is -2.13. The second-order valence-electron chi connectivity index (χ2n) is 6.18. The fourth-order valence-corrected chi connectivity index (χ4v) is 4.15. The van der Waals surface area contributed by atoms with Crippen LogP contribution in [0.3, 0.4) is 0 Å². The first-order valence-corrected chi connectivity index (χ1v) is 10.4. The summed E-state index contributed by atoms with van der Waals surface area (Å²) in [7, 11) is 0. The normalized spacial score (nSPS) is 10.8. The van der Waals surface area contributed by atoms with Gasteiger partial charge in [0.1, 0.15) is 5.75 Å². The van der Waals surface area contributed by atoms with Crippen molar-refractivity contribution in [1.82, 2.24) is 10.2 Å². The first-order valence-electron chi connectivity index (χ1n) is 8.63. The zero-order valence-electron chi connectivity index (χ0n) is 15.2. The highest BCUT2D eigenvalue weighted by Gasteiger charge is 2.12. The molecule has 0 unspecified atom stereocenters. The molecule has 5 nitrogen and oxygen atoms in total. The Morgan fingerprint density at radius 1 is 1.11 bits per heavy atom. The van der Waals surface area contributed by atoms with E-state index in [4.69, 9.17) is 4.74 Å². The fraction of sp³-hybridized carbons (Fsp3) is 0.250. The second-order valence-corrected chi connectivity index (χ2v) is 8.38. The molecule has 0 bridgehead atoms. The van der Waals surface area contributed by atoms with Crippen molar-refractivity contribution >= 4 is 34.1 Å². The Labute approximate surface area is 167 Å². The van der Waals surface area contributed by atoms with Gasteiger partial charge in [-0.25, -0.2) is 0 Å². The lowest BCUT2D eigenvalue weighted by molar-refractivity contribution is -0.118. The highest BCUT2D eigenvalue weighted by atomic mass is 32.2. The Bertz CT molecular complexity index is 882. The number of anilines is 1. The molecule has 0 aliphatic rings. The molecule has 27 heavy (non-hydrogen) atoms. The number of nitrogens with zero attached hydrogens (tertiary/aromatic N) is 2. The number of hydrogen-bond donors (Lipinski definition) is 1. The van der Waals surface area contributed by atoms with Gasteiger partial charge in [-0.15, -0.1) is 10.2 Å². The zero-order chi connectivity index (χ0) is 19.1. The Hall–Kier alpha value is -2.38. The average Bonchev–Trinajstić information content (AvgIpc) is 3.13. The SMILES string of the molecule is CC(C)c1ccccc1OCC(=O)Nc1nnc(SCc2ccccc2)s1. The van der Waals surface area contributed by atoms with Gasteiger partial charge in [0.05, 0.1) is 0 Å². The summed E-state index contributed by atoms with van der Waals surface area (Å²) < 4.78 is 6.50. The number of nitrogens with one attached hydrogen (secondary N) is 1. The molecule has 0 saturated carbocycles. The number of thioether (sulfide) groups is 1. The van der Waals surface area contributed by atoms with Gasteiger partial charge in [-0.2, -0.15) is 0 Å². The first kappa shape index (κ1) is 19.4. The van der Waals surface area contributed by atoms with E-state index in [2.05, 4.69) is 41.5 Å². The minimum atomic E-state index is -0.246. The molecule has 1 N–H and O–H groups in total. The van der Waals surface area contributed by atoms with Crippen LogP contribution in [0.25, 0.3) is 0 Å². The number of amides is 1. The van der Waals surface area contributed by atoms with E-state index >= 15 is 0 Å². The molecule has 0 aliphatic heterocycles. The largest absolute Gasteiger partial charge is 0.483 e. The number of rotatable bonds is 8. The molecule has 0 spiro atoms. The standard InChI is InChI=1S/C20H21N3O2S2/c1-14(2)16-10-6-7-11-17(16)25-12-18(24)21-19-22-23-20(27-19)26-13-15-8-4-3-5-9-15/h3-11,14H,12-13H2,1-2H3,(H,21,22,24). The fourth-order valence-electron chi connectivity index (χ4n) is 2.43. The van der Waals surface area contributed by atoms with E-state index in [0.29, 0.717) is 11.0 Å². The quantitative estimate of drug-likeness (QED) is 0.428. The molecule has 0 radical (unpaired) electrons. The third kappa shape index (κ3) is 5.80. The van der Waals surface area contributed by atoms with Gasteiger partial charge < -0.3 is 4.74 Å². The van der Waals surface area contributed by atoms with Gasteiger partial charge in [-0.05, 0) is 23.1 Å². The highest BCUT2D eigenvalue weighted by Crippen LogP contribution is 2.28. The molecular formula is C20H21N3O2S2. The van der Waals surface area contributed by atoms with Crippen LogP contribution in [0, 0.1) is 0 Å². The van der Waals surface area contributed by atoms with E-state index in [0.717, 1.165) is 21.4 Å². The van der Waals surface area contributed by atoms with Gasteiger partial charge in [0.2, 0.25) is 5.13 Å². The van der Waals surface area contributed by atoms with Gasteiger partial charge in [-0.3, -0.25) is 10.1 Å². The van der Waals surface area contributed by atoms with Crippen LogP contribution < -0.4 is 10.1 Å². The topological polar surface area (TPSA) is 64.1 Å². The lowest BCUT2D eigenvalue weighted by Crippen LogP contribution is -2.20. The third-order valence-electron chi connectivity index (χ3n) is 3.76. The van der Waals surface area contributed by atoms with Gasteiger partial charge in [0, 0.05) is 5.75 Å². The minimum Gasteiger partial charge on any atom is -0.483 e. The molecule has 3 aromatic rings. The van der Waals surface area contributed by atoms with E-state index < -0.39 is 0 Å². The van der Waals surface area contributed by atoms with Gasteiger partial charge >= 0.3 is 0 Å². The Morgan fingerprint density at radius 2 is 1.85 bits per heavy atom. The van der Waals surface area contributed by atoms with Crippen LogP contribution in [0.15, 0.2) is 58.9 Å². The summed E-state index contributed by atoms with van der Waals surface area (Å²) in [6.07, 6.45) is 0. The van der Waals surface area contributed by atoms with E-state index in [9.17, 15) is 4.79 Å². The van der Waals surface area contributed by atoms with Crippen LogP contribution in [0.5, 0.6) is 5.75 Å². The molecule has 140 valence electrons. The summed E-state index contributed by atoms with van der Waals surface area (Å²) in [4.78, 5) is 12.2. The summed E-state index contributed by atoms with van der Waals surface area (Å²) in [5.41, 5.74) is 2.31. The Morgan fingerprint density at radius 3 is 2.63 bits per heavy atom. The van der Waals surface area contributed by atoms with E-state index in [1.165, 1.54) is 16.9 Å². The van der Waals surface area contributed by atoms with Gasteiger partial charge in [-0.1, -0.05) is 85.5 Å². The predicted molar refractivity (Wildman–Crippen MR) is 111 cm³/mol. The number of hydrogen-bond acceptors (Lipinski definition) is 6. The molecule has 0 fully saturated rings. The number of aromatic nitrogens is 2. The number of carbonyl (C=O) groups excluding carboxylic acids is 1. The van der Waals surface area contributed by atoms with Gasteiger partial charge in [0.15, 0.2) is 10.9 Å². The van der Waals surface area contributed by atoms with Crippen LogP contribution in [0.4, 0.5) is 5.13 Å². The Balaban J connectivity index is 1.49. The van der Waals surface area contributed by atoms with Crippen molar-refractivity contribution in [2.75, 3.05) is 11.9 Å².